The monoisotopic (exact) mass is 371 g/mol. The molecule has 0 radical (unpaired) electrons. The maximum Gasteiger partial charge on any atom is 0.265 e. The Labute approximate surface area is 158 Å². The van der Waals surface area contributed by atoms with Gasteiger partial charge in [-0.1, -0.05) is 31.0 Å². The van der Waals surface area contributed by atoms with E-state index in [2.05, 4.69) is 5.32 Å². The van der Waals surface area contributed by atoms with Gasteiger partial charge in [-0.25, -0.2) is 0 Å². The normalized spacial score (nSPS) is 19.8. The number of anilines is 1. The van der Waals surface area contributed by atoms with E-state index in [4.69, 9.17) is 5.73 Å². The summed E-state index contributed by atoms with van der Waals surface area (Å²) < 4.78 is 0. The molecule has 1 heterocycles. The SMILES string of the molecule is CC(=O)N(Cc1ccc(NC(=O)c2cccs2)cc1)C1CCCCC1N. The zero-order valence-electron chi connectivity index (χ0n) is 15.0. The van der Waals surface area contributed by atoms with Crippen molar-refractivity contribution in [3.63, 3.8) is 0 Å². The second-order valence-corrected chi connectivity index (χ2v) is 7.74. The van der Waals surface area contributed by atoms with Gasteiger partial charge >= 0.3 is 0 Å². The zero-order chi connectivity index (χ0) is 18.5. The van der Waals surface area contributed by atoms with Crippen LogP contribution in [0.4, 0.5) is 5.69 Å². The first-order chi connectivity index (χ1) is 12.5. The van der Waals surface area contributed by atoms with Gasteiger partial charge in [-0.3, -0.25) is 9.59 Å². The quantitative estimate of drug-likeness (QED) is 0.843. The average molecular weight is 372 g/mol. The molecule has 3 rings (SSSR count). The Bertz CT molecular complexity index is 743. The fraction of sp³-hybridized carbons (Fsp3) is 0.400. The highest BCUT2D eigenvalue weighted by Gasteiger charge is 2.29. The molecular formula is C20H25N3O2S. The maximum absolute atomic E-state index is 12.2. The van der Waals surface area contributed by atoms with Crippen molar-refractivity contribution in [1.82, 2.24) is 4.90 Å². The van der Waals surface area contributed by atoms with E-state index in [0.717, 1.165) is 36.9 Å². The highest BCUT2D eigenvalue weighted by atomic mass is 32.1. The van der Waals surface area contributed by atoms with Crippen molar-refractivity contribution in [3.05, 3.63) is 52.2 Å². The molecule has 6 heteroatoms. The van der Waals surface area contributed by atoms with Gasteiger partial charge in [0.05, 0.1) is 4.88 Å². The van der Waals surface area contributed by atoms with Crippen molar-refractivity contribution < 1.29 is 9.59 Å². The molecule has 138 valence electrons. The summed E-state index contributed by atoms with van der Waals surface area (Å²) in [4.78, 5) is 26.8. The number of hydrogen-bond donors (Lipinski definition) is 2. The molecule has 0 bridgehead atoms. The fourth-order valence-corrected chi connectivity index (χ4v) is 4.10. The average Bonchev–Trinajstić information content (AvgIpc) is 3.16. The van der Waals surface area contributed by atoms with Crippen molar-refractivity contribution in [3.8, 4) is 0 Å². The number of nitrogens with two attached hydrogens (primary N) is 1. The van der Waals surface area contributed by atoms with Crippen molar-refractivity contribution in [1.29, 1.82) is 0 Å². The van der Waals surface area contributed by atoms with E-state index in [9.17, 15) is 9.59 Å². The first kappa shape index (κ1) is 18.6. The number of nitrogens with one attached hydrogen (secondary N) is 1. The predicted molar refractivity (Wildman–Crippen MR) is 105 cm³/mol. The number of thiophene rings is 1. The Morgan fingerprint density at radius 3 is 2.54 bits per heavy atom. The molecule has 2 amide bonds. The van der Waals surface area contributed by atoms with Crippen LogP contribution in [0.25, 0.3) is 0 Å². The molecule has 1 aliphatic carbocycles. The summed E-state index contributed by atoms with van der Waals surface area (Å²) in [5, 5.41) is 4.77. The van der Waals surface area contributed by atoms with Gasteiger partial charge in [0.2, 0.25) is 5.91 Å². The summed E-state index contributed by atoms with van der Waals surface area (Å²) in [6, 6.07) is 11.5. The van der Waals surface area contributed by atoms with Crippen LogP contribution >= 0.6 is 11.3 Å². The van der Waals surface area contributed by atoms with Crippen LogP contribution < -0.4 is 11.1 Å². The van der Waals surface area contributed by atoms with Gasteiger partial charge in [0.1, 0.15) is 0 Å². The van der Waals surface area contributed by atoms with Crippen molar-refractivity contribution in [2.75, 3.05) is 5.32 Å². The summed E-state index contributed by atoms with van der Waals surface area (Å²) in [5.74, 6) is -0.0475. The Morgan fingerprint density at radius 2 is 1.92 bits per heavy atom. The van der Waals surface area contributed by atoms with Crippen molar-refractivity contribution in [2.24, 2.45) is 5.73 Å². The van der Waals surface area contributed by atoms with E-state index < -0.39 is 0 Å². The van der Waals surface area contributed by atoms with Crippen LogP contribution in [0.15, 0.2) is 41.8 Å². The second kappa shape index (κ2) is 8.47. The molecule has 1 aromatic carbocycles. The van der Waals surface area contributed by atoms with E-state index >= 15 is 0 Å². The van der Waals surface area contributed by atoms with Crippen LogP contribution in [0.2, 0.25) is 0 Å². The van der Waals surface area contributed by atoms with Gasteiger partial charge in [-0.2, -0.15) is 0 Å². The number of amides is 2. The van der Waals surface area contributed by atoms with Crippen LogP contribution in [-0.4, -0.2) is 28.8 Å². The molecule has 0 spiro atoms. The summed E-state index contributed by atoms with van der Waals surface area (Å²) in [6.07, 6.45) is 4.20. The van der Waals surface area contributed by atoms with E-state index in [1.807, 2.05) is 40.6 Å². The number of carbonyl (C=O) groups excluding carboxylic acids is 2. The lowest BCUT2D eigenvalue weighted by Crippen LogP contribution is -2.50. The predicted octanol–water partition coefficient (Wildman–Crippen LogP) is 3.62. The largest absolute Gasteiger partial charge is 0.334 e. The Hall–Kier alpha value is -2.18. The van der Waals surface area contributed by atoms with Gasteiger partial charge in [0.15, 0.2) is 0 Å². The van der Waals surface area contributed by atoms with Crippen LogP contribution in [-0.2, 0) is 11.3 Å². The van der Waals surface area contributed by atoms with Crippen LogP contribution in [0.5, 0.6) is 0 Å². The molecule has 2 aromatic rings. The molecule has 0 saturated heterocycles. The standard InChI is InChI=1S/C20H25N3O2S/c1-14(24)23(18-6-3-2-5-17(18)21)13-15-8-10-16(11-9-15)22-20(25)19-7-4-12-26-19/h4,7-12,17-18H,2-3,5-6,13,21H2,1H3,(H,22,25). The third-order valence-electron chi connectivity index (χ3n) is 4.90. The highest BCUT2D eigenvalue weighted by Crippen LogP contribution is 2.24. The summed E-state index contributed by atoms with van der Waals surface area (Å²) in [7, 11) is 0. The zero-order valence-corrected chi connectivity index (χ0v) is 15.8. The lowest BCUT2D eigenvalue weighted by molar-refractivity contribution is -0.133. The van der Waals surface area contributed by atoms with Crippen LogP contribution in [0, 0.1) is 0 Å². The number of carbonyl (C=O) groups is 2. The topological polar surface area (TPSA) is 75.4 Å². The Balaban J connectivity index is 1.65. The minimum atomic E-state index is -0.105. The third-order valence-corrected chi connectivity index (χ3v) is 5.76. The number of rotatable bonds is 5. The van der Waals surface area contributed by atoms with Gasteiger partial charge < -0.3 is 16.0 Å². The van der Waals surface area contributed by atoms with E-state index in [1.54, 1.807) is 13.0 Å². The van der Waals surface area contributed by atoms with Gasteiger partial charge in [0.25, 0.3) is 5.91 Å². The molecule has 1 fully saturated rings. The smallest absolute Gasteiger partial charge is 0.265 e. The molecule has 2 unspecified atom stereocenters. The van der Waals surface area contributed by atoms with Gasteiger partial charge in [0, 0.05) is 31.2 Å². The molecule has 1 saturated carbocycles. The molecule has 1 aliphatic rings. The van der Waals surface area contributed by atoms with Gasteiger partial charge in [-0.15, -0.1) is 11.3 Å². The minimum absolute atomic E-state index is 0.0528. The molecule has 2 atom stereocenters. The van der Waals surface area contributed by atoms with Crippen LogP contribution in [0.3, 0.4) is 0 Å². The highest BCUT2D eigenvalue weighted by molar-refractivity contribution is 7.12. The minimum Gasteiger partial charge on any atom is -0.334 e. The molecular weight excluding hydrogens is 346 g/mol. The van der Waals surface area contributed by atoms with Gasteiger partial charge in [-0.05, 0) is 42.0 Å². The number of benzene rings is 1. The van der Waals surface area contributed by atoms with Crippen LogP contribution in [0.1, 0.15) is 47.8 Å². The lowest BCUT2D eigenvalue weighted by Gasteiger charge is -2.38. The summed E-state index contributed by atoms with van der Waals surface area (Å²) in [6.45, 7) is 2.16. The fourth-order valence-electron chi connectivity index (χ4n) is 3.48. The maximum atomic E-state index is 12.2. The summed E-state index contributed by atoms with van der Waals surface area (Å²) in [5.41, 5.74) is 8.04. The molecule has 5 nitrogen and oxygen atoms in total. The van der Waals surface area contributed by atoms with E-state index in [1.165, 1.54) is 11.3 Å². The van der Waals surface area contributed by atoms with Crippen molar-refractivity contribution in [2.45, 2.75) is 51.2 Å². The Morgan fingerprint density at radius 1 is 1.19 bits per heavy atom. The first-order valence-corrected chi connectivity index (χ1v) is 9.89. The number of hydrogen-bond acceptors (Lipinski definition) is 4. The molecule has 1 aromatic heterocycles. The Kier molecular flexibility index (Phi) is 6.06. The first-order valence-electron chi connectivity index (χ1n) is 9.01. The summed E-state index contributed by atoms with van der Waals surface area (Å²) >= 11 is 1.41. The molecule has 26 heavy (non-hydrogen) atoms. The second-order valence-electron chi connectivity index (χ2n) is 6.79. The van der Waals surface area contributed by atoms with E-state index in [-0.39, 0.29) is 23.9 Å². The molecule has 0 aliphatic heterocycles. The lowest BCUT2D eigenvalue weighted by atomic mass is 9.89. The third kappa shape index (κ3) is 4.51. The molecule has 3 N–H and O–H groups in total. The number of nitrogens with zero attached hydrogens (tertiary/aromatic N) is 1. The van der Waals surface area contributed by atoms with E-state index in [0.29, 0.717) is 11.4 Å². The van der Waals surface area contributed by atoms with Crippen molar-refractivity contribution >= 4 is 28.8 Å².